The molecule has 0 aliphatic carbocycles. The van der Waals surface area contributed by atoms with Crippen LogP contribution in [0.5, 0.6) is 0 Å². The molecule has 2 nitrogen and oxygen atoms in total. The van der Waals surface area contributed by atoms with Crippen LogP contribution in [0.15, 0.2) is 50.2 Å². The smallest absolute Gasteiger partial charge is 0.217 e. The minimum absolute atomic E-state index is 0.0616. The SMILES string of the molecule is O=S(=O)(c1cc(Br)cc(Br)c1-c1ccc(Cl)cc1)C(F)(F)C(F)(F)C(F)(F)F. The molecule has 0 aliphatic heterocycles. The lowest BCUT2D eigenvalue weighted by Crippen LogP contribution is -2.56. The first-order chi connectivity index (χ1) is 12.5. The zero-order valence-corrected chi connectivity index (χ0v) is 17.7. The van der Waals surface area contributed by atoms with Crippen molar-refractivity contribution in [3.63, 3.8) is 0 Å². The summed E-state index contributed by atoms with van der Waals surface area (Å²) in [7, 11) is -6.51. The lowest BCUT2D eigenvalue weighted by Gasteiger charge is -2.28. The van der Waals surface area contributed by atoms with Gasteiger partial charge in [-0.15, -0.1) is 0 Å². The summed E-state index contributed by atoms with van der Waals surface area (Å²) in [5.74, 6) is -6.83. The monoisotopic (exact) mass is 576 g/mol. The molecule has 154 valence electrons. The largest absolute Gasteiger partial charge is 0.461 e. The molecule has 0 N–H and O–H groups in total. The summed E-state index contributed by atoms with van der Waals surface area (Å²) >= 11 is 11.4. The molecule has 0 aromatic heterocycles. The Bertz CT molecular complexity index is 1010. The minimum atomic E-state index is -6.83. The third kappa shape index (κ3) is 3.80. The van der Waals surface area contributed by atoms with Crippen molar-refractivity contribution in [3.05, 3.63) is 50.4 Å². The lowest BCUT2D eigenvalue weighted by molar-refractivity contribution is -0.332. The number of alkyl halides is 7. The molecule has 0 saturated heterocycles. The van der Waals surface area contributed by atoms with Gasteiger partial charge in [-0.3, -0.25) is 0 Å². The second-order valence-electron chi connectivity index (χ2n) is 5.36. The summed E-state index contributed by atoms with van der Waals surface area (Å²) in [5.41, 5.74) is -0.592. The molecule has 0 heterocycles. The molecule has 13 heteroatoms. The van der Waals surface area contributed by atoms with E-state index in [0.717, 1.165) is 0 Å². The van der Waals surface area contributed by atoms with Gasteiger partial charge in [0.1, 0.15) is 0 Å². The molecular formula is C15H6Br2ClF7O2S. The molecule has 0 aliphatic rings. The lowest BCUT2D eigenvalue weighted by atomic mass is 10.1. The molecular weight excluding hydrogens is 572 g/mol. The zero-order valence-electron chi connectivity index (χ0n) is 13.0. The first kappa shape index (κ1) is 23.4. The Hall–Kier alpha value is -0.850. The predicted molar refractivity (Wildman–Crippen MR) is 95.4 cm³/mol. The molecule has 2 aromatic carbocycles. The van der Waals surface area contributed by atoms with Gasteiger partial charge >= 0.3 is 17.4 Å². The van der Waals surface area contributed by atoms with Gasteiger partial charge in [-0.05, 0) is 29.8 Å². The summed E-state index contributed by atoms with van der Waals surface area (Å²) in [6.45, 7) is 0. The summed E-state index contributed by atoms with van der Waals surface area (Å²) < 4.78 is 117. The Kier molecular flexibility index (Phi) is 6.23. The van der Waals surface area contributed by atoms with E-state index in [2.05, 4.69) is 31.9 Å². The second-order valence-corrected chi connectivity index (χ2v) is 9.53. The third-order valence-electron chi connectivity index (χ3n) is 3.50. The van der Waals surface area contributed by atoms with E-state index in [1.807, 2.05) is 0 Å². The van der Waals surface area contributed by atoms with E-state index in [0.29, 0.717) is 6.07 Å². The molecule has 2 rings (SSSR count). The van der Waals surface area contributed by atoms with Crippen LogP contribution in [0.25, 0.3) is 11.1 Å². The van der Waals surface area contributed by atoms with Crippen LogP contribution in [0.2, 0.25) is 5.02 Å². The van der Waals surface area contributed by atoms with Crippen molar-refractivity contribution in [3.8, 4) is 11.1 Å². The highest BCUT2D eigenvalue weighted by molar-refractivity contribution is 9.11. The van der Waals surface area contributed by atoms with Crippen molar-refractivity contribution in [2.24, 2.45) is 0 Å². The van der Waals surface area contributed by atoms with Crippen LogP contribution in [0.1, 0.15) is 0 Å². The Labute approximate surface area is 175 Å². The fourth-order valence-electron chi connectivity index (χ4n) is 2.13. The van der Waals surface area contributed by atoms with Gasteiger partial charge in [-0.25, -0.2) is 8.42 Å². The van der Waals surface area contributed by atoms with Crippen LogP contribution in [0.3, 0.4) is 0 Å². The molecule has 28 heavy (non-hydrogen) atoms. The number of rotatable bonds is 4. The molecule has 0 fully saturated rings. The average molecular weight is 579 g/mol. The Morgan fingerprint density at radius 1 is 0.857 bits per heavy atom. The van der Waals surface area contributed by atoms with Crippen molar-refractivity contribution < 1.29 is 39.2 Å². The normalized spacial score (nSPS) is 13.6. The van der Waals surface area contributed by atoms with Crippen molar-refractivity contribution in [2.45, 2.75) is 22.2 Å². The Balaban J connectivity index is 2.85. The first-order valence-corrected chi connectivity index (χ1v) is 10.3. The highest BCUT2D eigenvalue weighted by Gasteiger charge is 2.78. The van der Waals surface area contributed by atoms with Crippen molar-refractivity contribution >= 4 is 53.3 Å². The maximum atomic E-state index is 14.1. The highest BCUT2D eigenvalue weighted by atomic mass is 79.9. The molecule has 0 amide bonds. The fourth-order valence-corrected chi connectivity index (χ4v) is 5.50. The van der Waals surface area contributed by atoms with Gasteiger partial charge in [0.2, 0.25) is 0 Å². The van der Waals surface area contributed by atoms with Gasteiger partial charge in [-0.2, -0.15) is 30.7 Å². The van der Waals surface area contributed by atoms with Crippen molar-refractivity contribution in [2.75, 3.05) is 0 Å². The summed E-state index contributed by atoms with van der Waals surface area (Å²) in [5, 5.41) is -6.28. The van der Waals surface area contributed by atoms with E-state index in [9.17, 15) is 39.2 Å². The van der Waals surface area contributed by atoms with Crippen LogP contribution >= 0.6 is 43.5 Å². The maximum Gasteiger partial charge on any atom is 0.461 e. The van der Waals surface area contributed by atoms with Crippen LogP contribution in [-0.4, -0.2) is 25.8 Å². The topological polar surface area (TPSA) is 34.1 Å². The van der Waals surface area contributed by atoms with E-state index in [4.69, 9.17) is 11.6 Å². The van der Waals surface area contributed by atoms with Crippen molar-refractivity contribution in [1.29, 1.82) is 0 Å². The van der Waals surface area contributed by atoms with Crippen LogP contribution < -0.4 is 0 Å². The number of hydrogen-bond acceptors (Lipinski definition) is 2. The quantitative estimate of drug-likeness (QED) is 0.363. The number of hydrogen-bond donors (Lipinski definition) is 0. The van der Waals surface area contributed by atoms with Gasteiger partial charge in [0.15, 0.2) is 0 Å². The minimum Gasteiger partial charge on any atom is -0.217 e. The van der Waals surface area contributed by atoms with Gasteiger partial charge in [0.25, 0.3) is 9.84 Å². The zero-order chi connectivity index (χ0) is 21.7. The van der Waals surface area contributed by atoms with Gasteiger partial charge in [0, 0.05) is 19.5 Å². The summed E-state index contributed by atoms with van der Waals surface area (Å²) in [6.07, 6.45) is -6.80. The number of halogens is 10. The molecule has 0 unspecified atom stereocenters. The van der Waals surface area contributed by atoms with Crippen LogP contribution in [-0.2, 0) is 9.84 Å². The molecule has 2 aromatic rings. The van der Waals surface area contributed by atoms with E-state index >= 15 is 0 Å². The third-order valence-corrected chi connectivity index (χ3v) is 6.67. The van der Waals surface area contributed by atoms with Gasteiger partial charge in [0.05, 0.1) is 4.90 Å². The van der Waals surface area contributed by atoms with Crippen LogP contribution in [0.4, 0.5) is 30.7 Å². The first-order valence-electron chi connectivity index (χ1n) is 6.86. The maximum absolute atomic E-state index is 14.1. The van der Waals surface area contributed by atoms with E-state index in [-0.39, 0.29) is 19.5 Å². The Morgan fingerprint density at radius 2 is 1.36 bits per heavy atom. The number of sulfone groups is 1. The highest BCUT2D eigenvalue weighted by Crippen LogP contribution is 2.52. The molecule has 0 radical (unpaired) electrons. The fraction of sp³-hybridized carbons (Fsp3) is 0.200. The van der Waals surface area contributed by atoms with E-state index in [1.165, 1.54) is 30.3 Å². The van der Waals surface area contributed by atoms with E-state index in [1.54, 1.807) is 0 Å². The van der Waals surface area contributed by atoms with E-state index < -0.39 is 37.6 Å². The number of benzene rings is 2. The van der Waals surface area contributed by atoms with Gasteiger partial charge in [-0.1, -0.05) is 55.6 Å². The van der Waals surface area contributed by atoms with Crippen molar-refractivity contribution in [1.82, 2.24) is 0 Å². The molecule has 0 bridgehead atoms. The molecule has 0 saturated carbocycles. The molecule has 0 spiro atoms. The predicted octanol–water partition coefficient (Wildman–Crippen LogP) is 7.10. The summed E-state index contributed by atoms with van der Waals surface area (Å²) in [4.78, 5) is -1.43. The second kappa shape index (κ2) is 7.44. The van der Waals surface area contributed by atoms with Gasteiger partial charge < -0.3 is 0 Å². The standard InChI is InChI=1S/C15H6Br2ClF7O2S/c16-8-5-10(17)12(7-1-3-9(18)4-2-7)11(6-8)28(26,27)15(24,25)13(19,20)14(21,22)23/h1-6H. The molecule has 0 atom stereocenters. The Morgan fingerprint density at radius 3 is 1.82 bits per heavy atom. The average Bonchev–Trinajstić information content (AvgIpc) is 2.54. The van der Waals surface area contributed by atoms with Crippen LogP contribution in [0, 0.1) is 0 Å². The summed E-state index contributed by atoms with van der Waals surface area (Å²) in [6, 6.07) is 6.62.